The summed E-state index contributed by atoms with van der Waals surface area (Å²) in [6, 6.07) is 12.9. The lowest BCUT2D eigenvalue weighted by Gasteiger charge is -2.19. The second kappa shape index (κ2) is 9.53. The number of hydrogen-bond acceptors (Lipinski definition) is 4. The van der Waals surface area contributed by atoms with Gasteiger partial charge in [0, 0.05) is 19.3 Å². The summed E-state index contributed by atoms with van der Waals surface area (Å²) in [7, 11) is 1.95. The Kier molecular flexibility index (Phi) is 6.55. The van der Waals surface area contributed by atoms with Gasteiger partial charge >= 0.3 is 0 Å². The summed E-state index contributed by atoms with van der Waals surface area (Å²) in [4.78, 5) is 30.3. The van der Waals surface area contributed by atoms with Crippen molar-refractivity contribution in [3.63, 3.8) is 0 Å². The fraction of sp³-hybridized carbons (Fsp3) is 0.333. The van der Waals surface area contributed by atoms with Crippen LogP contribution in [0.1, 0.15) is 63.8 Å². The summed E-state index contributed by atoms with van der Waals surface area (Å²) in [5, 5.41) is 13.7. The molecule has 2 amide bonds. The van der Waals surface area contributed by atoms with E-state index in [9.17, 15) is 9.59 Å². The lowest BCUT2D eigenvalue weighted by molar-refractivity contribution is 0.0912. The third kappa shape index (κ3) is 4.39. The maximum absolute atomic E-state index is 13.3. The Balaban J connectivity index is 1.60. The predicted octanol–water partition coefficient (Wildman–Crippen LogP) is 4.11. The van der Waals surface area contributed by atoms with E-state index in [0.717, 1.165) is 35.3 Å². The molecule has 0 saturated carbocycles. The largest absolute Gasteiger partial charge is 0.348 e. The van der Waals surface area contributed by atoms with Gasteiger partial charge in [0.15, 0.2) is 0 Å². The first-order valence-electron chi connectivity index (χ1n) is 10.7. The SMILES string of the molecule is Cn1c([C@H](CCCCC(=N)CCl)NC(=O)c2cccc3c2C(=O)NC3)nc2ccccc21. The van der Waals surface area contributed by atoms with Gasteiger partial charge in [-0.2, -0.15) is 0 Å². The first kappa shape index (κ1) is 22.0. The molecule has 166 valence electrons. The van der Waals surface area contributed by atoms with Crippen molar-refractivity contribution in [1.29, 1.82) is 5.41 Å². The fourth-order valence-electron chi connectivity index (χ4n) is 4.20. The molecule has 3 aromatic rings. The van der Waals surface area contributed by atoms with Crippen LogP contribution >= 0.6 is 11.6 Å². The Morgan fingerprint density at radius 3 is 2.84 bits per heavy atom. The number of benzene rings is 2. The second-order valence-electron chi connectivity index (χ2n) is 8.05. The molecule has 32 heavy (non-hydrogen) atoms. The number of fused-ring (bicyclic) bond motifs is 2. The van der Waals surface area contributed by atoms with Crippen molar-refractivity contribution in [3.05, 3.63) is 65.0 Å². The summed E-state index contributed by atoms with van der Waals surface area (Å²) in [5.41, 5.74) is 4.04. The number of nitrogens with zero attached hydrogens (tertiary/aromatic N) is 2. The minimum absolute atomic E-state index is 0.218. The summed E-state index contributed by atoms with van der Waals surface area (Å²) in [6.45, 7) is 0.440. The Bertz CT molecular complexity index is 1190. The van der Waals surface area contributed by atoms with Crippen LogP contribution in [0, 0.1) is 5.41 Å². The van der Waals surface area contributed by atoms with Crippen molar-refractivity contribution in [2.24, 2.45) is 7.05 Å². The van der Waals surface area contributed by atoms with Gasteiger partial charge < -0.3 is 20.6 Å². The van der Waals surface area contributed by atoms with Crippen molar-refractivity contribution >= 4 is 40.2 Å². The molecule has 0 spiro atoms. The van der Waals surface area contributed by atoms with Crippen LogP contribution in [0.5, 0.6) is 0 Å². The van der Waals surface area contributed by atoms with Crippen LogP contribution in [0.3, 0.4) is 0 Å². The lowest BCUT2D eigenvalue weighted by Crippen LogP contribution is -2.31. The number of hydrogen-bond donors (Lipinski definition) is 3. The van der Waals surface area contributed by atoms with Gasteiger partial charge in [-0.15, -0.1) is 11.6 Å². The monoisotopic (exact) mass is 451 g/mol. The second-order valence-corrected chi connectivity index (χ2v) is 8.32. The van der Waals surface area contributed by atoms with Crippen molar-refractivity contribution in [3.8, 4) is 0 Å². The first-order chi connectivity index (χ1) is 15.5. The smallest absolute Gasteiger partial charge is 0.252 e. The summed E-state index contributed by atoms with van der Waals surface area (Å²) in [6.07, 6.45) is 2.92. The average molecular weight is 452 g/mol. The van der Waals surface area contributed by atoms with E-state index < -0.39 is 0 Å². The zero-order valence-corrected chi connectivity index (χ0v) is 18.7. The van der Waals surface area contributed by atoms with Crippen LogP contribution < -0.4 is 10.6 Å². The third-order valence-corrected chi connectivity index (χ3v) is 6.21. The molecule has 0 fully saturated rings. The normalized spacial score (nSPS) is 13.6. The van der Waals surface area contributed by atoms with E-state index in [2.05, 4.69) is 10.6 Å². The van der Waals surface area contributed by atoms with E-state index in [1.807, 2.05) is 41.9 Å². The highest BCUT2D eigenvalue weighted by Crippen LogP contribution is 2.26. The van der Waals surface area contributed by atoms with Crippen LogP contribution in [-0.4, -0.2) is 33.0 Å². The van der Waals surface area contributed by atoms with E-state index in [1.165, 1.54) is 0 Å². The topological polar surface area (TPSA) is 99.9 Å². The van der Waals surface area contributed by atoms with Gasteiger partial charge in [0.2, 0.25) is 0 Å². The van der Waals surface area contributed by atoms with Crippen molar-refractivity contribution in [1.82, 2.24) is 20.2 Å². The molecule has 0 aliphatic carbocycles. The number of aryl methyl sites for hydroxylation is 1. The number of para-hydroxylation sites is 2. The average Bonchev–Trinajstić information content (AvgIpc) is 3.35. The molecular formula is C24H26ClN5O2. The molecule has 0 bridgehead atoms. The number of carbonyl (C=O) groups excluding carboxylic acids is 2. The summed E-state index contributed by atoms with van der Waals surface area (Å²) < 4.78 is 2.00. The number of aromatic nitrogens is 2. The van der Waals surface area contributed by atoms with Crippen LogP contribution in [-0.2, 0) is 13.6 Å². The molecule has 1 aromatic heterocycles. The number of rotatable bonds is 9. The van der Waals surface area contributed by atoms with Gasteiger partial charge in [-0.25, -0.2) is 4.98 Å². The van der Waals surface area contributed by atoms with Gasteiger partial charge in [-0.3, -0.25) is 9.59 Å². The van der Waals surface area contributed by atoms with E-state index in [-0.39, 0.29) is 23.7 Å². The van der Waals surface area contributed by atoms with Crippen molar-refractivity contribution < 1.29 is 9.59 Å². The Morgan fingerprint density at radius 2 is 2.06 bits per heavy atom. The minimum Gasteiger partial charge on any atom is -0.348 e. The number of nitrogens with one attached hydrogen (secondary N) is 3. The fourth-order valence-corrected chi connectivity index (χ4v) is 4.33. The Hall–Kier alpha value is -3.19. The molecule has 0 saturated heterocycles. The molecule has 3 N–H and O–H groups in total. The van der Waals surface area contributed by atoms with Gasteiger partial charge in [0.25, 0.3) is 11.8 Å². The maximum atomic E-state index is 13.3. The van der Waals surface area contributed by atoms with Crippen LogP contribution in [0.25, 0.3) is 11.0 Å². The standard InChI is InChI=1S/C24H26ClN5O2/c1-30-20-12-5-4-10-18(20)28-22(30)19(11-3-2-8-16(26)13-25)29-23(31)17-9-6-7-15-14-27-24(32)21(15)17/h4-7,9-10,12,19,26H,2-3,8,11,13-14H2,1H3,(H,27,32)(H,29,31)/t19-/m0/s1. The zero-order valence-electron chi connectivity index (χ0n) is 18.0. The number of unbranched alkanes of at least 4 members (excludes halogenated alkanes) is 1. The molecular weight excluding hydrogens is 426 g/mol. The molecule has 0 unspecified atom stereocenters. The van der Waals surface area contributed by atoms with Crippen LogP contribution in [0.4, 0.5) is 0 Å². The number of halogens is 1. The number of alkyl halides is 1. The highest BCUT2D eigenvalue weighted by molar-refractivity contribution is 6.28. The molecule has 2 heterocycles. The van der Waals surface area contributed by atoms with Gasteiger partial charge in [0.05, 0.1) is 34.1 Å². The Morgan fingerprint density at radius 1 is 1.25 bits per heavy atom. The molecule has 1 aliphatic rings. The minimum atomic E-state index is -0.328. The molecule has 2 aromatic carbocycles. The van der Waals surface area contributed by atoms with Gasteiger partial charge in [-0.1, -0.05) is 30.7 Å². The Labute approximate surface area is 191 Å². The van der Waals surface area contributed by atoms with Crippen LogP contribution in [0.2, 0.25) is 0 Å². The van der Waals surface area contributed by atoms with Crippen molar-refractivity contribution in [2.75, 3.05) is 5.88 Å². The van der Waals surface area contributed by atoms with Crippen LogP contribution in [0.15, 0.2) is 42.5 Å². The highest BCUT2D eigenvalue weighted by atomic mass is 35.5. The molecule has 7 nitrogen and oxygen atoms in total. The number of imidazole rings is 1. The molecule has 0 radical (unpaired) electrons. The van der Waals surface area contributed by atoms with E-state index in [4.69, 9.17) is 22.0 Å². The van der Waals surface area contributed by atoms with E-state index >= 15 is 0 Å². The van der Waals surface area contributed by atoms with Gasteiger partial charge in [0.1, 0.15) is 5.82 Å². The van der Waals surface area contributed by atoms with Gasteiger partial charge in [-0.05, 0) is 43.0 Å². The molecule has 4 rings (SSSR count). The predicted molar refractivity (Wildman–Crippen MR) is 125 cm³/mol. The van der Waals surface area contributed by atoms with E-state index in [0.29, 0.717) is 36.2 Å². The van der Waals surface area contributed by atoms with E-state index in [1.54, 1.807) is 12.1 Å². The number of carbonyl (C=O) groups is 2. The summed E-state index contributed by atoms with van der Waals surface area (Å²) >= 11 is 5.72. The third-order valence-electron chi connectivity index (χ3n) is 5.88. The highest BCUT2D eigenvalue weighted by Gasteiger charge is 2.28. The number of amides is 2. The zero-order chi connectivity index (χ0) is 22.7. The maximum Gasteiger partial charge on any atom is 0.252 e. The quantitative estimate of drug-likeness (QED) is 0.259. The van der Waals surface area contributed by atoms with Crippen molar-refractivity contribution in [2.45, 2.75) is 38.3 Å². The molecule has 1 aliphatic heterocycles. The lowest BCUT2D eigenvalue weighted by atomic mass is 10.0. The molecule has 1 atom stereocenters. The summed E-state index contributed by atoms with van der Waals surface area (Å²) in [5.74, 6) is 0.504. The molecule has 8 heteroatoms. The first-order valence-corrected chi connectivity index (χ1v) is 11.3.